The molecule has 7 nitrogen and oxygen atoms in total. The molecule has 2 atom stereocenters. The fraction of sp³-hybridized carbons (Fsp3) is 0.458. The topological polar surface area (TPSA) is 80.2 Å². The summed E-state index contributed by atoms with van der Waals surface area (Å²) in [7, 11) is 1.38. The van der Waals surface area contributed by atoms with Crippen molar-refractivity contribution in [2.45, 2.75) is 52.2 Å². The number of nitrogens with zero attached hydrogens (tertiary/aromatic N) is 2. The van der Waals surface area contributed by atoms with Gasteiger partial charge in [0.15, 0.2) is 5.17 Å². The van der Waals surface area contributed by atoms with E-state index in [-0.39, 0.29) is 18.4 Å². The fourth-order valence-electron chi connectivity index (χ4n) is 4.43. The van der Waals surface area contributed by atoms with Crippen LogP contribution in [0.1, 0.15) is 48.9 Å². The lowest BCUT2D eigenvalue weighted by Crippen LogP contribution is -2.39. The molecule has 3 aliphatic heterocycles. The minimum absolute atomic E-state index is 0.0705. The van der Waals surface area contributed by atoms with E-state index in [1.54, 1.807) is 0 Å². The number of aliphatic imine (C=N–C) groups is 1. The Bertz CT molecular complexity index is 1020. The Morgan fingerprint density at radius 2 is 2.12 bits per heavy atom. The maximum Gasteiger partial charge on any atom is 0.338 e. The number of rotatable bonds is 6. The molecule has 3 heterocycles. The first-order valence-electron chi connectivity index (χ1n) is 10.9. The van der Waals surface area contributed by atoms with Crippen molar-refractivity contribution < 1.29 is 19.1 Å². The average molecular weight is 456 g/mol. The molecule has 0 aliphatic carbocycles. The number of esters is 1. The summed E-state index contributed by atoms with van der Waals surface area (Å²) in [6.45, 7) is 7.20. The van der Waals surface area contributed by atoms with Crippen LogP contribution in [0.15, 0.2) is 45.6 Å². The molecule has 3 aliphatic rings. The number of hydrogen-bond acceptors (Lipinski definition) is 7. The van der Waals surface area contributed by atoms with Crippen molar-refractivity contribution >= 4 is 28.8 Å². The number of hydrogen-bond donors (Lipinski definition) is 1. The Hall–Kier alpha value is -2.58. The number of thioether (sulfide) groups is 1. The van der Waals surface area contributed by atoms with E-state index in [2.05, 4.69) is 16.4 Å². The first kappa shape index (κ1) is 22.6. The summed E-state index contributed by atoms with van der Waals surface area (Å²) in [6, 6.07) is 5.79. The molecule has 1 N–H and O–H groups in total. The summed E-state index contributed by atoms with van der Waals surface area (Å²) < 4.78 is 10.7. The van der Waals surface area contributed by atoms with Gasteiger partial charge in [-0.1, -0.05) is 35.5 Å². The summed E-state index contributed by atoms with van der Waals surface area (Å²) >= 11 is 1.48. The number of amides is 1. The molecule has 1 fully saturated rings. The Kier molecular flexibility index (Phi) is 6.71. The van der Waals surface area contributed by atoms with E-state index in [0.717, 1.165) is 47.0 Å². The van der Waals surface area contributed by atoms with E-state index in [1.165, 1.54) is 18.9 Å². The van der Waals surface area contributed by atoms with Crippen molar-refractivity contribution in [2.24, 2.45) is 4.99 Å². The maximum atomic E-state index is 12.8. The zero-order valence-corrected chi connectivity index (χ0v) is 19.8. The Morgan fingerprint density at radius 3 is 2.81 bits per heavy atom. The lowest BCUT2D eigenvalue weighted by molar-refractivity contribution is -0.136. The molecule has 4 rings (SSSR count). The molecule has 0 saturated carbocycles. The summed E-state index contributed by atoms with van der Waals surface area (Å²) in [5, 5.41) is 5.71. The number of ether oxygens (including phenoxy) is 2. The Labute approximate surface area is 192 Å². The van der Waals surface area contributed by atoms with Gasteiger partial charge in [-0.05, 0) is 50.1 Å². The van der Waals surface area contributed by atoms with Crippen LogP contribution < -0.4 is 5.32 Å². The SMILES string of the molecule is COC(=O)C1=C(C)N=C2SC=C(CC(=O)NCC3CCCO3)N2C1c1ccc(C)cc1C. The summed E-state index contributed by atoms with van der Waals surface area (Å²) in [5.74, 6) is -0.478. The largest absolute Gasteiger partial charge is 0.466 e. The first-order chi connectivity index (χ1) is 15.4. The molecule has 1 amide bonds. The van der Waals surface area contributed by atoms with Gasteiger partial charge < -0.3 is 19.7 Å². The zero-order valence-electron chi connectivity index (χ0n) is 18.9. The van der Waals surface area contributed by atoms with Crippen LogP contribution in [0.25, 0.3) is 0 Å². The predicted molar refractivity (Wildman–Crippen MR) is 125 cm³/mol. The maximum absolute atomic E-state index is 12.8. The third kappa shape index (κ3) is 4.47. The third-order valence-electron chi connectivity index (χ3n) is 6.02. The monoisotopic (exact) mass is 455 g/mol. The van der Waals surface area contributed by atoms with Gasteiger partial charge in [-0.2, -0.15) is 0 Å². The van der Waals surface area contributed by atoms with Crippen LogP contribution in [0.3, 0.4) is 0 Å². The summed E-state index contributed by atoms with van der Waals surface area (Å²) in [6.07, 6.45) is 2.31. The molecule has 8 heteroatoms. The minimum Gasteiger partial charge on any atom is -0.466 e. The van der Waals surface area contributed by atoms with Gasteiger partial charge in [-0.25, -0.2) is 9.79 Å². The highest BCUT2D eigenvalue weighted by Gasteiger charge is 2.41. The van der Waals surface area contributed by atoms with Crippen molar-refractivity contribution in [3.8, 4) is 0 Å². The highest BCUT2D eigenvalue weighted by atomic mass is 32.2. The van der Waals surface area contributed by atoms with Gasteiger partial charge in [-0.15, -0.1) is 0 Å². The van der Waals surface area contributed by atoms with Crippen LogP contribution in [0.4, 0.5) is 0 Å². The number of carbonyl (C=O) groups excluding carboxylic acids is 2. The number of carbonyl (C=O) groups is 2. The number of benzene rings is 1. The molecule has 170 valence electrons. The molecule has 0 aromatic heterocycles. The zero-order chi connectivity index (χ0) is 22.8. The normalized spacial score (nSPS) is 22.4. The van der Waals surface area contributed by atoms with Crippen LogP contribution in [0.5, 0.6) is 0 Å². The van der Waals surface area contributed by atoms with Crippen LogP contribution in [0.2, 0.25) is 0 Å². The molecule has 32 heavy (non-hydrogen) atoms. The molecule has 0 spiro atoms. The van der Waals surface area contributed by atoms with Gasteiger partial charge >= 0.3 is 5.97 Å². The number of amidine groups is 1. The second-order valence-electron chi connectivity index (χ2n) is 8.36. The van der Waals surface area contributed by atoms with Crippen molar-refractivity contribution in [2.75, 3.05) is 20.3 Å². The number of aryl methyl sites for hydroxylation is 2. The van der Waals surface area contributed by atoms with Gasteiger partial charge in [-0.3, -0.25) is 4.79 Å². The standard InChI is InChI=1S/C24H29N3O4S/c1-14-7-8-19(15(2)10-14)22-21(23(29)30-4)16(3)26-24-27(22)17(13-32-24)11-20(28)25-12-18-6-5-9-31-18/h7-8,10,13,18,22H,5-6,9,11-12H2,1-4H3,(H,25,28). The molecule has 0 radical (unpaired) electrons. The van der Waals surface area contributed by atoms with Crippen LogP contribution >= 0.6 is 11.8 Å². The first-order valence-corrected chi connectivity index (χ1v) is 11.7. The number of allylic oxidation sites excluding steroid dienone is 1. The predicted octanol–water partition coefficient (Wildman–Crippen LogP) is 3.74. The lowest BCUT2D eigenvalue weighted by Gasteiger charge is -2.37. The molecule has 1 aromatic rings. The number of fused-ring (bicyclic) bond motifs is 1. The summed E-state index contributed by atoms with van der Waals surface area (Å²) in [5.41, 5.74) is 5.17. The molecule has 2 unspecified atom stereocenters. The van der Waals surface area contributed by atoms with Gasteiger partial charge in [0.05, 0.1) is 36.9 Å². The molecule has 1 saturated heterocycles. The van der Waals surface area contributed by atoms with E-state index in [9.17, 15) is 9.59 Å². The van der Waals surface area contributed by atoms with Gasteiger partial charge in [0.2, 0.25) is 5.91 Å². The van der Waals surface area contributed by atoms with Crippen molar-refractivity contribution in [1.82, 2.24) is 10.2 Å². The quantitative estimate of drug-likeness (QED) is 0.659. The van der Waals surface area contributed by atoms with Crippen molar-refractivity contribution in [3.63, 3.8) is 0 Å². The highest BCUT2D eigenvalue weighted by molar-refractivity contribution is 8.16. The van der Waals surface area contributed by atoms with Crippen LogP contribution in [0, 0.1) is 13.8 Å². The third-order valence-corrected chi connectivity index (χ3v) is 6.91. The minimum atomic E-state index is -0.408. The summed E-state index contributed by atoms with van der Waals surface area (Å²) in [4.78, 5) is 32.2. The Morgan fingerprint density at radius 1 is 1.31 bits per heavy atom. The second-order valence-corrected chi connectivity index (χ2v) is 9.20. The Balaban J connectivity index is 1.63. The van der Waals surface area contributed by atoms with E-state index in [4.69, 9.17) is 9.47 Å². The average Bonchev–Trinajstić information content (AvgIpc) is 3.41. The van der Waals surface area contributed by atoms with E-state index in [1.807, 2.05) is 43.2 Å². The number of methoxy groups -OCH3 is 1. The van der Waals surface area contributed by atoms with E-state index in [0.29, 0.717) is 17.8 Å². The molecule has 1 aromatic carbocycles. The van der Waals surface area contributed by atoms with Crippen LogP contribution in [-0.2, 0) is 19.1 Å². The van der Waals surface area contributed by atoms with E-state index >= 15 is 0 Å². The molecule has 0 bridgehead atoms. The van der Waals surface area contributed by atoms with Crippen molar-refractivity contribution in [1.29, 1.82) is 0 Å². The fourth-order valence-corrected chi connectivity index (χ4v) is 5.39. The molecular weight excluding hydrogens is 426 g/mol. The smallest absolute Gasteiger partial charge is 0.338 e. The van der Waals surface area contributed by atoms with Gasteiger partial charge in [0.25, 0.3) is 0 Å². The lowest BCUT2D eigenvalue weighted by atomic mass is 9.90. The van der Waals surface area contributed by atoms with Crippen molar-refractivity contribution in [3.05, 3.63) is 57.3 Å². The van der Waals surface area contributed by atoms with E-state index < -0.39 is 12.0 Å². The highest BCUT2D eigenvalue weighted by Crippen LogP contribution is 2.45. The van der Waals surface area contributed by atoms with Crippen LogP contribution in [-0.4, -0.2) is 48.3 Å². The molecular formula is C24H29N3O4S. The van der Waals surface area contributed by atoms with Gasteiger partial charge in [0.1, 0.15) is 0 Å². The second kappa shape index (κ2) is 9.50. The number of nitrogens with one attached hydrogen (secondary N) is 1. The van der Waals surface area contributed by atoms with Gasteiger partial charge in [0, 0.05) is 18.8 Å².